The van der Waals surface area contributed by atoms with Gasteiger partial charge in [-0.2, -0.15) is 0 Å². The van der Waals surface area contributed by atoms with Gasteiger partial charge in [-0.15, -0.1) is 0 Å². The predicted octanol–water partition coefficient (Wildman–Crippen LogP) is 1.15. The maximum atomic E-state index is 13.5. The number of carbonyl (C=O) groups is 2. The molecule has 0 saturated heterocycles. The van der Waals surface area contributed by atoms with E-state index in [4.69, 9.17) is 0 Å². The van der Waals surface area contributed by atoms with Gasteiger partial charge in [0.15, 0.2) is 0 Å². The van der Waals surface area contributed by atoms with E-state index in [-0.39, 0.29) is 23.8 Å². The fourth-order valence-corrected chi connectivity index (χ4v) is 3.19. The van der Waals surface area contributed by atoms with Gasteiger partial charge in [-0.1, -0.05) is 29.8 Å². The Morgan fingerprint density at radius 3 is 2.21 bits per heavy atom. The molecule has 2 amide bonds. The Morgan fingerprint density at radius 1 is 0.929 bits per heavy atom. The van der Waals surface area contributed by atoms with E-state index >= 15 is 0 Å². The lowest BCUT2D eigenvalue weighted by atomic mass is 10.1. The zero-order chi connectivity index (χ0) is 20.7. The molecule has 2 aromatic carbocycles. The van der Waals surface area contributed by atoms with Gasteiger partial charge in [0, 0.05) is 6.54 Å². The first-order valence-electron chi connectivity index (χ1n) is 8.52. The fourth-order valence-electron chi connectivity index (χ4n) is 2.21. The Kier molecular flexibility index (Phi) is 7.24. The van der Waals surface area contributed by atoms with Crippen LogP contribution in [0.15, 0.2) is 47.4 Å². The van der Waals surface area contributed by atoms with Crippen LogP contribution in [0.4, 0.5) is 4.39 Å². The number of sulfonamides is 1. The molecule has 28 heavy (non-hydrogen) atoms. The molecule has 0 aromatic heterocycles. The van der Waals surface area contributed by atoms with E-state index in [1.807, 2.05) is 6.92 Å². The van der Waals surface area contributed by atoms with Crippen LogP contribution in [0, 0.1) is 19.7 Å². The average Bonchev–Trinajstić information content (AvgIpc) is 2.66. The molecule has 150 valence electrons. The van der Waals surface area contributed by atoms with Crippen LogP contribution in [0.3, 0.4) is 0 Å². The van der Waals surface area contributed by atoms with Gasteiger partial charge in [0.25, 0.3) is 0 Å². The second-order valence-corrected chi connectivity index (χ2v) is 8.04. The minimum atomic E-state index is -3.81. The standard InChI is InChI=1S/C19H22FN3O4S/c1-13-3-7-16(8-4-13)28(26,27)23-12-19(25)22-11-18(24)21-10-15-6-5-14(2)17(20)9-15/h3-9,23H,10-12H2,1-2H3,(H,21,24)(H,22,25). The summed E-state index contributed by atoms with van der Waals surface area (Å²) in [6, 6.07) is 10.8. The Morgan fingerprint density at radius 2 is 1.57 bits per heavy atom. The third kappa shape index (κ3) is 6.43. The number of halogens is 1. The number of hydrogen-bond donors (Lipinski definition) is 3. The molecule has 2 aromatic rings. The lowest BCUT2D eigenvalue weighted by Gasteiger charge is -2.09. The lowest BCUT2D eigenvalue weighted by Crippen LogP contribution is -2.41. The summed E-state index contributed by atoms with van der Waals surface area (Å²) in [5.74, 6) is -1.48. The highest BCUT2D eigenvalue weighted by Gasteiger charge is 2.15. The Bertz CT molecular complexity index is 960. The van der Waals surface area contributed by atoms with Crippen LogP contribution in [0.5, 0.6) is 0 Å². The smallest absolute Gasteiger partial charge is 0.241 e. The van der Waals surface area contributed by atoms with E-state index < -0.39 is 28.4 Å². The van der Waals surface area contributed by atoms with Crippen molar-refractivity contribution in [2.75, 3.05) is 13.1 Å². The molecule has 0 radical (unpaired) electrons. The fraction of sp³-hybridized carbons (Fsp3) is 0.263. The van der Waals surface area contributed by atoms with Crippen LogP contribution in [-0.4, -0.2) is 33.3 Å². The molecular weight excluding hydrogens is 385 g/mol. The quantitative estimate of drug-likeness (QED) is 0.611. The number of aryl methyl sites for hydroxylation is 2. The molecule has 0 aliphatic heterocycles. The number of hydrogen-bond acceptors (Lipinski definition) is 4. The summed E-state index contributed by atoms with van der Waals surface area (Å²) in [6.45, 7) is 2.77. The monoisotopic (exact) mass is 407 g/mol. The summed E-state index contributed by atoms with van der Waals surface area (Å²) in [7, 11) is -3.81. The third-order valence-corrected chi connectivity index (χ3v) is 5.34. The molecule has 0 aliphatic carbocycles. The van der Waals surface area contributed by atoms with E-state index in [0.717, 1.165) is 5.56 Å². The van der Waals surface area contributed by atoms with Crippen LogP contribution in [0.2, 0.25) is 0 Å². The molecule has 0 atom stereocenters. The molecular formula is C19H22FN3O4S. The van der Waals surface area contributed by atoms with Crippen molar-refractivity contribution in [2.45, 2.75) is 25.3 Å². The van der Waals surface area contributed by atoms with Gasteiger partial charge >= 0.3 is 0 Å². The summed E-state index contributed by atoms with van der Waals surface area (Å²) in [4.78, 5) is 23.6. The summed E-state index contributed by atoms with van der Waals surface area (Å²) >= 11 is 0. The second-order valence-electron chi connectivity index (χ2n) is 6.27. The molecule has 0 fully saturated rings. The highest BCUT2D eigenvalue weighted by Crippen LogP contribution is 2.10. The molecule has 9 heteroatoms. The Labute approximate surface area is 163 Å². The normalized spacial score (nSPS) is 11.1. The van der Waals surface area contributed by atoms with Crippen LogP contribution < -0.4 is 15.4 Å². The second kappa shape index (κ2) is 9.43. The molecule has 2 rings (SSSR count). The number of amides is 2. The van der Waals surface area contributed by atoms with Crippen LogP contribution in [0.1, 0.15) is 16.7 Å². The minimum Gasteiger partial charge on any atom is -0.350 e. The molecule has 0 bridgehead atoms. The predicted molar refractivity (Wildman–Crippen MR) is 102 cm³/mol. The summed E-state index contributed by atoms with van der Waals surface area (Å²) in [5.41, 5.74) is 2.01. The van der Waals surface area contributed by atoms with Crippen molar-refractivity contribution in [3.05, 3.63) is 65.0 Å². The third-order valence-electron chi connectivity index (χ3n) is 3.93. The molecule has 0 spiro atoms. The molecule has 0 heterocycles. The number of rotatable bonds is 8. The van der Waals surface area contributed by atoms with E-state index in [0.29, 0.717) is 11.1 Å². The average molecular weight is 407 g/mol. The molecule has 0 aliphatic rings. The van der Waals surface area contributed by atoms with Crippen molar-refractivity contribution in [1.29, 1.82) is 0 Å². The lowest BCUT2D eigenvalue weighted by molar-refractivity contribution is -0.125. The van der Waals surface area contributed by atoms with Crippen molar-refractivity contribution in [3.63, 3.8) is 0 Å². The van der Waals surface area contributed by atoms with E-state index in [1.54, 1.807) is 31.2 Å². The minimum absolute atomic E-state index is 0.0500. The SMILES string of the molecule is Cc1ccc(S(=O)(=O)NCC(=O)NCC(=O)NCc2ccc(C)c(F)c2)cc1. The van der Waals surface area contributed by atoms with Gasteiger partial charge in [-0.3, -0.25) is 9.59 Å². The maximum absolute atomic E-state index is 13.5. The molecule has 0 saturated carbocycles. The Balaban J connectivity index is 1.74. The van der Waals surface area contributed by atoms with Crippen LogP contribution in [0.25, 0.3) is 0 Å². The highest BCUT2D eigenvalue weighted by atomic mass is 32.2. The van der Waals surface area contributed by atoms with Crippen molar-refractivity contribution < 1.29 is 22.4 Å². The van der Waals surface area contributed by atoms with Crippen LogP contribution >= 0.6 is 0 Å². The number of benzene rings is 2. The number of carbonyl (C=O) groups excluding carboxylic acids is 2. The van der Waals surface area contributed by atoms with Crippen molar-refractivity contribution in [1.82, 2.24) is 15.4 Å². The molecule has 3 N–H and O–H groups in total. The summed E-state index contributed by atoms with van der Waals surface area (Å²) in [6.07, 6.45) is 0. The van der Waals surface area contributed by atoms with E-state index in [9.17, 15) is 22.4 Å². The van der Waals surface area contributed by atoms with Crippen LogP contribution in [-0.2, 0) is 26.2 Å². The zero-order valence-electron chi connectivity index (χ0n) is 15.6. The van der Waals surface area contributed by atoms with Gasteiger partial charge in [0.2, 0.25) is 21.8 Å². The van der Waals surface area contributed by atoms with Crippen molar-refractivity contribution in [3.8, 4) is 0 Å². The topological polar surface area (TPSA) is 104 Å². The summed E-state index contributed by atoms with van der Waals surface area (Å²) in [5, 5.41) is 4.87. The maximum Gasteiger partial charge on any atom is 0.241 e. The zero-order valence-corrected chi connectivity index (χ0v) is 16.4. The number of nitrogens with one attached hydrogen (secondary N) is 3. The first-order valence-corrected chi connectivity index (χ1v) is 10.0. The van der Waals surface area contributed by atoms with Crippen molar-refractivity contribution in [2.24, 2.45) is 0 Å². The van der Waals surface area contributed by atoms with Gasteiger partial charge in [-0.05, 0) is 43.2 Å². The Hall–Kier alpha value is -2.78. The molecule has 0 unspecified atom stereocenters. The largest absolute Gasteiger partial charge is 0.350 e. The summed E-state index contributed by atoms with van der Waals surface area (Å²) < 4.78 is 39.8. The first kappa shape index (κ1) is 21.5. The van der Waals surface area contributed by atoms with Gasteiger partial charge in [0.1, 0.15) is 5.82 Å². The van der Waals surface area contributed by atoms with Gasteiger partial charge in [0.05, 0.1) is 18.0 Å². The first-order chi connectivity index (χ1) is 13.2. The van der Waals surface area contributed by atoms with E-state index in [1.165, 1.54) is 18.2 Å². The van der Waals surface area contributed by atoms with Crippen molar-refractivity contribution >= 4 is 21.8 Å². The van der Waals surface area contributed by atoms with Gasteiger partial charge in [-0.25, -0.2) is 17.5 Å². The highest BCUT2D eigenvalue weighted by molar-refractivity contribution is 7.89. The van der Waals surface area contributed by atoms with E-state index in [2.05, 4.69) is 15.4 Å². The molecule has 7 nitrogen and oxygen atoms in total. The van der Waals surface area contributed by atoms with Gasteiger partial charge < -0.3 is 10.6 Å².